The van der Waals surface area contributed by atoms with E-state index in [0.29, 0.717) is 12.1 Å². The van der Waals surface area contributed by atoms with Gasteiger partial charge in [0.05, 0.1) is 0 Å². The van der Waals surface area contributed by atoms with E-state index in [4.69, 9.17) is 0 Å². The lowest BCUT2D eigenvalue weighted by molar-refractivity contribution is -0.138. The second kappa shape index (κ2) is 6.92. The summed E-state index contributed by atoms with van der Waals surface area (Å²) in [5, 5.41) is 2.77. The SMILES string of the molecule is C/C=C(\C=C/CC)CC1NC(=O)/C(=C/C)N(C)C1=O. The maximum Gasteiger partial charge on any atom is 0.268 e. The van der Waals surface area contributed by atoms with Gasteiger partial charge in [-0.3, -0.25) is 9.59 Å². The summed E-state index contributed by atoms with van der Waals surface area (Å²) in [7, 11) is 1.64. The fourth-order valence-corrected chi connectivity index (χ4v) is 2.05. The maximum atomic E-state index is 12.2. The van der Waals surface area contributed by atoms with E-state index in [1.807, 2.05) is 25.2 Å². The Bertz CT molecular complexity index is 447. The molecular weight excluding hydrogens is 240 g/mol. The van der Waals surface area contributed by atoms with Gasteiger partial charge < -0.3 is 10.2 Å². The van der Waals surface area contributed by atoms with Crippen LogP contribution in [0.15, 0.2) is 35.6 Å². The highest BCUT2D eigenvalue weighted by Crippen LogP contribution is 2.17. The minimum Gasteiger partial charge on any atom is -0.339 e. The molecule has 0 aliphatic carbocycles. The minimum atomic E-state index is -0.478. The first kappa shape index (κ1) is 15.2. The zero-order valence-electron chi connectivity index (χ0n) is 12.1. The van der Waals surface area contributed by atoms with Crippen LogP contribution in [-0.4, -0.2) is 29.8 Å². The maximum absolute atomic E-state index is 12.2. The molecule has 0 radical (unpaired) electrons. The van der Waals surface area contributed by atoms with E-state index in [-0.39, 0.29) is 11.8 Å². The Morgan fingerprint density at radius 2 is 2.05 bits per heavy atom. The summed E-state index contributed by atoms with van der Waals surface area (Å²) >= 11 is 0. The van der Waals surface area contributed by atoms with Crippen LogP contribution in [0.3, 0.4) is 0 Å². The summed E-state index contributed by atoms with van der Waals surface area (Å²) in [6.07, 6.45) is 9.15. The Labute approximate surface area is 114 Å². The van der Waals surface area contributed by atoms with Gasteiger partial charge in [0, 0.05) is 13.5 Å². The molecule has 0 bridgehead atoms. The summed E-state index contributed by atoms with van der Waals surface area (Å²) < 4.78 is 0. The van der Waals surface area contributed by atoms with Crippen molar-refractivity contribution in [2.75, 3.05) is 7.05 Å². The molecular formula is C15H22N2O2. The van der Waals surface area contributed by atoms with Crippen molar-refractivity contribution in [3.05, 3.63) is 35.6 Å². The summed E-state index contributed by atoms with van der Waals surface area (Å²) in [4.78, 5) is 25.5. The number of piperazine rings is 1. The lowest BCUT2D eigenvalue weighted by Crippen LogP contribution is -2.55. The van der Waals surface area contributed by atoms with Crippen LogP contribution < -0.4 is 5.32 Å². The second-order valence-electron chi connectivity index (χ2n) is 4.48. The summed E-state index contributed by atoms with van der Waals surface area (Å²) in [5.41, 5.74) is 1.46. The molecule has 1 aliphatic heterocycles. The Kier molecular flexibility index (Phi) is 5.55. The van der Waals surface area contributed by atoms with E-state index in [1.165, 1.54) is 4.90 Å². The largest absolute Gasteiger partial charge is 0.339 e. The molecule has 1 N–H and O–H groups in total. The molecule has 19 heavy (non-hydrogen) atoms. The van der Waals surface area contributed by atoms with E-state index in [0.717, 1.165) is 12.0 Å². The number of carbonyl (C=O) groups excluding carboxylic acids is 2. The molecule has 0 aromatic rings. The molecule has 1 unspecified atom stereocenters. The number of hydrogen-bond donors (Lipinski definition) is 1. The molecule has 104 valence electrons. The predicted molar refractivity (Wildman–Crippen MR) is 76.3 cm³/mol. The van der Waals surface area contributed by atoms with Crippen LogP contribution in [0.25, 0.3) is 0 Å². The standard InChI is InChI=1S/C15H22N2O2/c1-5-8-9-11(6-2)10-12-15(19)17(4)13(7-3)14(18)16-12/h6-9,12H,5,10H2,1-4H3,(H,16,18)/b9-8-,11-6+,13-7-. The topological polar surface area (TPSA) is 49.4 Å². The molecule has 0 aromatic heterocycles. The van der Waals surface area contributed by atoms with E-state index < -0.39 is 6.04 Å². The Balaban J connectivity index is 2.83. The Morgan fingerprint density at radius 1 is 1.37 bits per heavy atom. The summed E-state index contributed by atoms with van der Waals surface area (Å²) in [5.74, 6) is -0.263. The molecule has 4 nitrogen and oxygen atoms in total. The van der Waals surface area contributed by atoms with Gasteiger partial charge in [0.25, 0.3) is 5.91 Å². The average molecular weight is 262 g/mol. The molecule has 4 heteroatoms. The first-order valence-electron chi connectivity index (χ1n) is 6.61. The van der Waals surface area contributed by atoms with Crippen molar-refractivity contribution in [1.82, 2.24) is 10.2 Å². The summed E-state index contributed by atoms with van der Waals surface area (Å²) in [6, 6.07) is -0.478. The number of hydrogen-bond acceptors (Lipinski definition) is 2. The van der Waals surface area contributed by atoms with E-state index in [9.17, 15) is 9.59 Å². The van der Waals surface area contributed by atoms with Gasteiger partial charge in [-0.25, -0.2) is 0 Å². The quantitative estimate of drug-likeness (QED) is 0.623. The molecule has 1 saturated heterocycles. The number of carbonyl (C=O) groups is 2. The van der Waals surface area contributed by atoms with Gasteiger partial charge in [-0.1, -0.05) is 36.8 Å². The first-order valence-corrected chi connectivity index (χ1v) is 6.61. The predicted octanol–water partition coefficient (Wildman–Crippen LogP) is 2.15. The fourth-order valence-electron chi connectivity index (χ4n) is 2.05. The van der Waals surface area contributed by atoms with Crippen molar-refractivity contribution in [3.63, 3.8) is 0 Å². The minimum absolute atomic E-state index is 0.0723. The van der Waals surface area contributed by atoms with Crippen molar-refractivity contribution in [2.24, 2.45) is 0 Å². The highest BCUT2D eigenvalue weighted by molar-refractivity contribution is 6.04. The van der Waals surface area contributed by atoms with Crippen molar-refractivity contribution >= 4 is 11.8 Å². The molecule has 2 amide bonds. The molecule has 0 saturated carbocycles. The van der Waals surface area contributed by atoms with Gasteiger partial charge in [-0.2, -0.15) is 0 Å². The van der Waals surface area contributed by atoms with Gasteiger partial charge in [-0.05, 0) is 20.3 Å². The highest BCUT2D eigenvalue weighted by Gasteiger charge is 2.33. The van der Waals surface area contributed by atoms with Gasteiger partial charge in [-0.15, -0.1) is 0 Å². The van der Waals surface area contributed by atoms with Crippen molar-refractivity contribution in [3.8, 4) is 0 Å². The number of rotatable bonds is 4. The molecule has 1 atom stereocenters. The number of likely N-dealkylation sites (N-methyl/N-ethyl adjacent to an activating group) is 1. The number of amides is 2. The van der Waals surface area contributed by atoms with Gasteiger partial charge in [0.1, 0.15) is 11.7 Å². The van der Waals surface area contributed by atoms with Crippen molar-refractivity contribution in [2.45, 2.75) is 39.7 Å². The van der Waals surface area contributed by atoms with Gasteiger partial charge in [0.15, 0.2) is 0 Å². The normalized spacial score (nSPS) is 23.4. The van der Waals surface area contributed by atoms with Crippen LogP contribution in [0.1, 0.15) is 33.6 Å². The van der Waals surface area contributed by atoms with Gasteiger partial charge >= 0.3 is 0 Å². The zero-order valence-corrected chi connectivity index (χ0v) is 12.1. The van der Waals surface area contributed by atoms with Crippen LogP contribution >= 0.6 is 0 Å². The third-order valence-corrected chi connectivity index (χ3v) is 3.18. The van der Waals surface area contributed by atoms with Crippen molar-refractivity contribution < 1.29 is 9.59 Å². The molecule has 1 aliphatic rings. The van der Waals surface area contributed by atoms with Crippen LogP contribution in [0.4, 0.5) is 0 Å². The Hall–Kier alpha value is -1.84. The third kappa shape index (κ3) is 3.56. The van der Waals surface area contributed by atoms with Crippen LogP contribution in [-0.2, 0) is 9.59 Å². The molecule has 0 spiro atoms. The lowest BCUT2D eigenvalue weighted by Gasteiger charge is -2.31. The molecule has 1 fully saturated rings. The lowest BCUT2D eigenvalue weighted by atomic mass is 10.0. The number of allylic oxidation sites excluding steroid dienone is 4. The molecule has 1 rings (SSSR count). The van der Waals surface area contributed by atoms with Gasteiger partial charge in [0.2, 0.25) is 5.91 Å². The van der Waals surface area contributed by atoms with Crippen LogP contribution in [0.5, 0.6) is 0 Å². The zero-order chi connectivity index (χ0) is 14.4. The number of nitrogens with one attached hydrogen (secondary N) is 1. The molecule has 1 heterocycles. The van der Waals surface area contributed by atoms with Crippen molar-refractivity contribution in [1.29, 1.82) is 0 Å². The first-order chi connectivity index (χ1) is 9.04. The molecule has 0 aromatic carbocycles. The van der Waals surface area contributed by atoms with E-state index >= 15 is 0 Å². The van der Waals surface area contributed by atoms with E-state index in [2.05, 4.69) is 12.2 Å². The summed E-state index contributed by atoms with van der Waals surface area (Å²) in [6.45, 7) is 5.75. The van der Waals surface area contributed by atoms with Crippen LogP contribution in [0.2, 0.25) is 0 Å². The fraction of sp³-hybridized carbons (Fsp3) is 0.467. The smallest absolute Gasteiger partial charge is 0.268 e. The monoisotopic (exact) mass is 262 g/mol. The Morgan fingerprint density at radius 3 is 2.58 bits per heavy atom. The highest BCUT2D eigenvalue weighted by atomic mass is 16.2. The van der Waals surface area contributed by atoms with E-state index in [1.54, 1.807) is 20.0 Å². The third-order valence-electron chi connectivity index (χ3n) is 3.18. The average Bonchev–Trinajstić information content (AvgIpc) is 2.40. The number of nitrogens with zero attached hydrogens (tertiary/aromatic N) is 1. The second-order valence-corrected chi connectivity index (χ2v) is 4.48. The van der Waals surface area contributed by atoms with Crippen LogP contribution in [0, 0.1) is 0 Å².